The average molecular weight is 227 g/mol. The summed E-state index contributed by atoms with van der Waals surface area (Å²) in [5.74, 6) is 0. The normalized spacial score (nSPS) is 14.2. The van der Waals surface area contributed by atoms with Crippen molar-refractivity contribution in [2.75, 3.05) is 0 Å². The van der Waals surface area contributed by atoms with Gasteiger partial charge < -0.3 is 5.73 Å². The first-order valence-corrected chi connectivity index (χ1v) is 6.28. The topological polar surface area (TPSA) is 51.8 Å². The predicted molar refractivity (Wildman–Crippen MR) is 64.9 cm³/mol. The van der Waals surface area contributed by atoms with Crippen LogP contribution in [0.25, 0.3) is 0 Å². The van der Waals surface area contributed by atoms with E-state index in [1.807, 2.05) is 0 Å². The molecular weight excluding hydrogens is 206 g/mol. The van der Waals surface area contributed by atoms with Crippen LogP contribution >= 0.6 is 11.5 Å². The van der Waals surface area contributed by atoms with Gasteiger partial charge in [0.25, 0.3) is 0 Å². The zero-order valence-corrected chi connectivity index (χ0v) is 10.9. The van der Waals surface area contributed by atoms with E-state index in [2.05, 4.69) is 37.3 Å². The molecule has 1 aromatic heterocycles. The molecule has 0 aromatic carbocycles. The van der Waals surface area contributed by atoms with Crippen LogP contribution < -0.4 is 5.73 Å². The van der Waals surface area contributed by atoms with Crippen LogP contribution in [-0.4, -0.2) is 9.59 Å². The van der Waals surface area contributed by atoms with Crippen LogP contribution in [-0.2, 0) is 6.42 Å². The fourth-order valence-electron chi connectivity index (χ4n) is 1.46. The Bertz CT molecular complexity index is 301. The Balaban J connectivity index is 2.57. The van der Waals surface area contributed by atoms with E-state index in [0.717, 1.165) is 25.0 Å². The number of aryl methyl sites for hydroxylation is 1. The van der Waals surface area contributed by atoms with Gasteiger partial charge in [0.05, 0.1) is 10.6 Å². The molecule has 0 radical (unpaired) electrons. The van der Waals surface area contributed by atoms with Crippen LogP contribution in [0.15, 0.2) is 0 Å². The molecule has 0 fully saturated rings. The molecule has 1 aromatic rings. The average Bonchev–Trinajstić information content (AvgIpc) is 2.60. The zero-order chi connectivity index (χ0) is 11.5. The van der Waals surface area contributed by atoms with Crippen molar-refractivity contribution < 1.29 is 0 Å². The van der Waals surface area contributed by atoms with Crippen molar-refractivity contribution in [2.45, 2.75) is 53.0 Å². The number of hydrogen-bond donors (Lipinski definition) is 1. The molecule has 0 amide bonds. The first-order chi connectivity index (χ1) is 6.94. The highest BCUT2D eigenvalue weighted by atomic mass is 32.1. The van der Waals surface area contributed by atoms with Crippen LogP contribution in [0.3, 0.4) is 0 Å². The van der Waals surface area contributed by atoms with E-state index in [1.165, 1.54) is 16.4 Å². The number of rotatable bonds is 4. The number of nitrogens with zero attached hydrogens (tertiary/aromatic N) is 2. The minimum atomic E-state index is 0.110. The molecule has 0 saturated carbocycles. The third-order valence-corrected chi connectivity index (χ3v) is 3.36. The fraction of sp³-hybridized carbons (Fsp3) is 0.818. The molecule has 4 heteroatoms. The van der Waals surface area contributed by atoms with E-state index in [4.69, 9.17) is 5.73 Å². The molecule has 1 atom stereocenters. The molecule has 0 saturated heterocycles. The summed E-state index contributed by atoms with van der Waals surface area (Å²) >= 11 is 1.45. The van der Waals surface area contributed by atoms with Gasteiger partial charge in [-0.05, 0) is 36.2 Å². The van der Waals surface area contributed by atoms with Gasteiger partial charge in [0.15, 0.2) is 0 Å². The zero-order valence-electron chi connectivity index (χ0n) is 10.1. The van der Waals surface area contributed by atoms with Crippen LogP contribution in [0.1, 0.15) is 57.1 Å². The summed E-state index contributed by atoms with van der Waals surface area (Å²) in [5.41, 5.74) is 7.57. The lowest BCUT2D eigenvalue weighted by Crippen LogP contribution is -2.15. The van der Waals surface area contributed by atoms with Gasteiger partial charge in [-0.3, -0.25) is 0 Å². The molecule has 15 heavy (non-hydrogen) atoms. The standard InChI is InChI=1S/C11H21N3S/c1-5-9-10(15-14-13-9)8(12)6-7-11(2,3)4/h8H,5-7,12H2,1-4H3. The summed E-state index contributed by atoms with van der Waals surface area (Å²) in [6.07, 6.45) is 3.07. The molecule has 0 aliphatic heterocycles. The molecule has 1 unspecified atom stereocenters. The fourth-order valence-corrected chi connectivity index (χ4v) is 2.23. The molecule has 2 N–H and O–H groups in total. The van der Waals surface area contributed by atoms with Gasteiger partial charge in [-0.15, -0.1) is 5.10 Å². The quantitative estimate of drug-likeness (QED) is 0.860. The second-order valence-electron chi connectivity index (χ2n) is 5.14. The Hall–Kier alpha value is -0.480. The summed E-state index contributed by atoms with van der Waals surface area (Å²) in [6, 6.07) is 0.110. The van der Waals surface area contributed by atoms with Crippen molar-refractivity contribution in [1.29, 1.82) is 0 Å². The highest BCUT2D eigenvalue weighted by Gasteiger charge is 2.18. The van der Waals surface area contributed by atoms with E-state index in [1.54, 1.807) is 0 Å². The Labute approximate surface area is 96.2 Å². The van der Waals surface area contributed by atoms with Crippen molar-refractivity contribution in [1.82, 2.24) is 9.59 Å². The van der Waals surface area contributed by atoms with Crippen molar-refractivity contribution in [2.24, 2.45) is 11.1 Å². The number of hydrogen-bond acceptors (Lipinski definition) is 4. The van der Waals surface area contributed by atoms with Gasteiger partial charge >= 0.3 is 0 Å². The first-order valence-electron chi connectivity index (χ1n) is 5.50. The molecule has 0 spiro atoms. The molecule has 1 heterocycles. The Kier molecular flexibility index (Phi) is 4.22. The van der Waals surface area contributed by atoms with Gasteiger partial charge in [0.1, 0.15) is 0 Å². The monoisotopic (exact) mass is 227 g/mol. The molecule has 3 nitrogen and oxygen atoms in total. The Morgan fingerprint density at radius 1 is 1.40 bits per heavy atom. The second kappa shape index (κ2) is 5.03. The van der Waals surface area contributed by atoms with Crippen LogP contribution in [0.2, 0.25) is 0 Å². The predicted octanol–water partition coefficient (Wildman–Crippen LogP) is 2.93. The van der Waals surface area contributed by atoms with E-state index < -0.39 is 0 Å². The molecule has 0 bridgehead atoms. The van der Waals surface area contributed by atoms with Crippen LogP contribution in [0.5, 0.6) is 0 Å². The number of aromatic nitrogens is 2. The Morgan fingerprint density at radius 3 is 2.60 bits per heavy atom. The van der Waals surface area contributed by atoms with Gasteiger partial charge in [0, 0.05) is 6.04 Å². The smallest absolute Gasteiger partial charge is 0.0800 e. The summed E-state index contributed by atoms with van der Waals surface area (Å²) in [4.78, 5) is 1.17. The van der Waals surface area contributed by atoms with Crippen LogP contribution in [0, 0.1) is 5.41 Å². The SMILES string of the molecule is CCc1nnsc1C(N)CCC(C)(C)C. The first kappa shape index (κ1) is 12.6. The number of nitrogens with two attached hydrogens (primary N) is 1. The van der Waals surface area contributed by atoms with Crippen molar-refractivity contribution in [3.05, 3.63) is 10.6 Å². The van der Waals surface area contributed by atoms with Gasteiger partial charge in [-0.25, -0.2) is 0 Å². The van der Waals surface area contributed by atoms with E-state index >= 15 is 0 Å². The second-order valence-corrected chi connectivity index (χ2v) is 5.93. The molecular formula is C11H21N3S. The van der Waals surface area contributed by atoms with E-state index in [-0.39, 0.29) is 6.04 Å². The lowest BCUT2D eigenvalue weighted by atomic mass is 9.88. The minimum Gasteiger partial charge on any atom is -0.323 e. The third-order valence-electron chi connectivity index (χ3n) is 2.46. The Morgan fingerprint density at radius 2 is 2.07 bits per heavy atom. The van der Waals surface area contributed by atoms with Crippen molar-refractivity contribution >= 4 is 11.5 Å². The third kappa shape index (κ3) is 3.87. The van der Waals surface area contributed by atoms with E-state index in [0.29, 0.717) is 5.41 Å². The highest BCUT2D eigenvalue weighted by molar-refractivity contribution is 7.05. The van der Waals surface area contributed by atoms with Gasteiger partial charge in [0.2, 0.25) is 0 Å². The maximum atomic E-state index is 6.15. The highest BCUT2D eigenvalue weighted by Crippen LogP contribution is 2.28. The van der Waals surface area contributed by atoms with Crippen LogP contribution in [0.4, 0.5) is 0 Å². The molecule has 0 aliphatic rings. The summed E-state index contributed by atoms with van der Waals surface area (Å²) in [5, 5.41) is 4.09. The maximum absolute atomic E-state index is 6.15. The molecule has 1 rings (SSSR count). The lowest BCUT2D eigenvalue weighted by molar-refractivity contribution is 0.350. The molecule has 86 valence electrons. The van der Waals surface area contributed by atoms with Gasteiger partial charge in [-0.2, -0.15) is 0 Å². The summed E-state index contributed by atoms with van der Waals surface area (Å²) in [7, 11) is 0. The van der Waals surface area contributed by atoms with Crippen molar-refractivity contribution in [3.8, 4) is 0 Å². The summed E-state index contributed by atoms with van der Waals surface area (Å²) in [6.45, 7) is 8.82. The largest absolute Gasteiger partial charge is 0.323 e. The minimum absolute atomic E-state index is 0.110. The van der Waals surface area contributed by atoms with E-state index in [9.17, 15) is 0 Å². The van der Waals surface area contributed by atoms with Gasteiger partial charge in [-0.1, -0.05) is 32.2 Å². The summed E-state index contributed by atoms with van der Waals surface area (Å²) < 4.78 is 3.97. The lowest BCUT2D eigenvalue weighted by Gasteiger charge is -2.20. The maximum Gasteiger partial charge on any atom is 0.0800 e. The molecule has 0 aliphatic carbocycles. The van der Waals surface area contributed by atoms with Crippen molar-refractivity contribution in [3.63, 3.8) is 0 Å².